The summed E-state index contributed by atoms with van der Waals surface area (Å²) < 4.78 is 9.63. The van der Waals surface area contributed by atoms with Crippen LogP contribution in [0, 0.1) is 0 Å². The van der Waals surface area contributed by atoms with Gasteiger partial charge in [0.1, 0.15) is 5.58 Å². The van der Waals surface area contributed by atoms with Gasteiger partial charge in [0.05, 0.1) is 17.1 Å². The van der Waals surface area contributed by atoms with Crippen LogP contribution in [0.4, 0.5) is 51.2 Å². The first-order chi connectivity index (χ1) is 35.6. The monoisotopic (exact) mass is 977 g/mol. The van der Waals surface area contributed by atoms with Gasteiger partial charge in [0.2, 0.25) is 0 Å². The van der Waals surface area contributed by atoms with E-state index in [1.807, 2.05) is 11.3 Å². The smallest absolute Gasteiger partial charge is 0.264 e. The van der Waals surface area contributed by atoms with Crippen LogP contribution in [0.3, 0.4) is 0 Å². The molecule has 13 rings (SSSR count). The molecule has 11 aromatic rings. The highest BCUT2D eigenvalue weighted by Crippen LogP contribution is 2.51. The molecule has 0 unspecified atom stereocenters. The highest BCUT2D eigenvalue weighted by atomic mass is 32.1. The minimum absolute atomic E-state index is 0.00671. The zero-order valence-corrected chi connectivity index (χ0v) is 44.6. The number of rotatable bonds is 6. The Kier molecular flexibility index (Phi) is 10.5. The number of hydrogen-bond acceptors (Lipinski definition) is 5. The van der Waals surface area contributed by atoms with Crippen molar-refractivity contribution >= 4 is 117 Å². The van der Waals surface area contributed by atoms with E-state index in [0.717, 1.165) is 67.3 Å². The Morgan fingerprint density at radius 1 is 0.459 bits per heavy atom. The molecule has 0 N–H and O–H groups in total. The predicted octanol–water partition coefficient (Wildman–Crippen LogP) is 17.9. The van der Waals surface area contributed by atoms with Crippen LogP contribution in [0.5, 0.6) is 0 Å². The maximum Gasteiger partial charge on any atom is 0.264 e. The molecule has 0 saturated heterocycles. The topological polar surface area (TPSA) is 22.9 Å². The molecule has 0 radical (unpaired) electrons. The number of para-hydroxylation sites is 3. The molecule has 2 aliphatic heterocycles. The van der Waals surface area contributed by atoms with Crippen molar-refractivity contribution in [2.45, 2.75) is 78.6 Å². The van der Waals surface area contributed by atoms with Crippen LogP contribution in [-0.4, -0.2) is 6.71 Å². The first-order valence-electron chi connectivity index (χ1n) is 26.1. The van der Waals surface area contributed by atoms with Gasteiger partial charge in [0.15, 0.2) is 5.58 Å². The van der Waals surface area contributed by atoms with Crippen LogP contribution in [0.2, 0.25) is 0 Å². The molecule has 2 aromatic heterocycles. The number of hydrogen-bond donors (Lipinski definition) is 0. The van der Waals surface area contributed by atoms with Crippen LogP contribution in [0.1, 0.15) is 79.0 Å². The lowest BCUT2D eigenvalue weighted by Crippen LogP contribution is -2.60. The largest absolute Gasteiger partial charge is 0.454 e. The van der Waals surface area contributed by atoms with E-state index >= 15 is 0 Å². The van der Waals surface area contributed by atoms with E-state index in [9.17, 15) is 0 Å². The Bertz CT molecular complexity index is 3980. The summed E-state index contributed by atoms with van der Waals surface area (Å²) in [6.45, 7) is 20.7. The molecule has 9 aromatic carbocycles. The lowest BCUT2D eigenvalue weighted by atomic mass is 9.36. The lowest BCUT2D eigenvalue weighted by Gasteiger charge is -2.43. The number of benzene rings is 9. The van der Waals surface area contributed by atoms with E-state index in [0.29, 0.717) is 0 Å². The Morgan fingerprint density at radius 2 is 1.05 bits per heavy atom. The fourth-order valence-corrected chi connectivity index (χ4v) is 12.9. The van der Waals surface area contributed by atoms with Crippen LogP contribution in [0.15, 0.2) is 205 Å². The van der Waals surface area contributed by atoms with Gasteiger partial charge in [-0.3, -0.25) is 0 Å². The molecule has 0 spiro atoms. The van der Waals surface area contributed by atoms with E-state index in [-0.39, 0.29) is 23.0 Å². The predicted molar refractivity (Wildman–Crippen MR) is 319 cm³/mol. The van der Waals surface area contributed by atoms with Gasteiger partial charge in [0.25, 0.3) is 6.71 Å². The summed E-state index contributed by atoms with van der Waals surface area (Å²) in [5, 5.41) is 3.51. The third kappa shape index (κ3) is 7.40. The summed E-state index contributed by atoms with van der Waals surface area (Å²) >= 11 is 1.95. The summed E-state index contributed by atoms with van der Waals surface area (Å²) in [5.41, 5.74) is 20.8. The Hall–Kier alpha value is -7.80. The van der Waals surface area contributed by atoms with Crippen molar-refractivity contribution in [2.75, 3.05) is 14.7 Å². The highest BCUT2D eigenvalue weighted by molar-refractivity contribution is 7.33. The first kappa shape index (κ1) is 46.0. The second kappa shape index (κ2) is 16.9. The van der Waals surface area contributed by atoms with Gasteiger partial charge in [-0.2, -0.15) is 0 Å². The van der Waals surface area contributed by atoms with Crippen LogP contribution in [-0.2, 0) is 16.2 Å². The van der Waals surface area contributed by atoms with Crippen molar-refractivity contribution in [2.24, 2.45) is 0 Å². The maximum atomic E-state index is 6.99. The first-order valence-corrected chi connectivity index (χ1v) is 26.9. The van der Waals surface area contributed by atoms with E-state index in [2.05, 4.69) is 277 Å². The minimum Gasteiger partial charge on any atom is -0.454 e. The fourth-order valence-electron chi connectivity index (χ4n) is 11.6. The lowest BCUT2D eigenvalue weighted by molar-refractivity contribution is 0.590. The van der Waals surface area contributed by atoms with E-state index in [4.69, 9.17) is 4.42 Å². The van der Waals surface area contributed by atoms with Gasteiger partial charge in [-0.05, 0) is 128 Å². The van der Waals surface area contributed by atoms with E-state index in [1.165, 1.54) is 59.4 Å². The van der Waals surface area contributed by atoms with Crippen molar-refractivity contribution in [3.63, 3.8) is 0 Å². The Morgan fingerprint density at radius 3 is 1.78 bits per heavy atom. The molecule has 6 heteroatoms. The molecule has 362 valence electrons. The molecule has 0 aliphatic carbocycles. The minimum atomic E-state index is -0.0527. The number of anilines is 9. The zero-order chi connectivity index (χ0) is 50.8. The third-order valence-corrected chi connectivity index (χ3v) is 16.8. The van der Waals surface area contributed by atoms with Gasteiger partial charge in [0, 0.05) is 65.3 Å². The van der Waals surface area contributed by atoms with Gasteiger partial charge in [-0.15, -0.1) is 11.3 Å². The summed E-state index contributed by atoms with van der Waals surface area (Å²) in [4.78, 5) is 7.55. The number of fused-ring (bicyclic) bond motifs is 9. The molecule has 0 atom stereocenters. The van der Waals surface area contributed by atoms with Gasteiger partial charge < -0.3 is 19.1 Å². The summed E-state index contributed by atoms with van der Waals surface area (Å²) in [6.07, 6.45) is 0. The number of furan rings is 1. The van der Waals surface area contributed by atoms with Crippen molar-refractivity contribution in [3.8, 4) is 11.1 Å². The molecule has 0 amide bonds. The van der Waals surface area contributed by atoms with E-state index in [1.54, 1.807) is 0 Å². The maximum absolute atomic E-state index is 6.99. The number of nitrogens with zero attached hydrogens (tertiary/aromatic N) is 3. The second-order valence-corrected chi connectivity index (χ2v) is 24.5. The molecule has 0 bridgehead atoms. The van der Waals surface area contributed by atoms with E-state index < -0.39 is 0 Å². The fraction of sp³-hybridized carbons (Fsp3) is 0.176. The molecular formula is C68H60BN3OS. The molecular weight excluding hydrogens is 918 g/mol. The SMILES string of the molecule is CC(C)(C)c1ccc(N(c2ccc3c(c2)N(c2cccc4c2oc2ccccc24)c2cccc4c2B3c2sc3ccc(C(C)(C)C)cc3c2N4c2ccc(C(C)(C)C)cc2)c2ccccc2-c2ccccc2)cc1. The van der Waals surface area contributed by atoms with Crippen LogP contribution in [0.25, 0.3) is 43.2 Å². The van der Waals surface area contributed by atoms with Gasteiger partial charge in [-0.25, -0.2) is 0 Å². The Balaban J connectivity index is 1.11. The molecule has 0 fully saturated rings. The van der Waals surface area contributed by atoms with Crippen molar-refractivity contribution < 1.29 is 4.42 Å². The summed E-state index contributed by atoms with van der Waals surface area (Å²) in [6, 6.07) is 74.7. The summed E-state index contributed by atoms with van der Waals surface area (Å²) in [5.74, 6) is 0. The molecule has 4 nitrogen and oxygen atoms in total. The highest BCUT2D eigenvalue weighted by Gasteiger charge is 2.46. The van der Waals surface area contributed by atoms with Crippen molar-refractivity contribution in [1.82, 2.24) is 0 Å². The molecule has 74 heavy (non-hydrogen) atoms. The standard InChI is InChI=1S/C68H60BN3OS/c1-66(2,3)44-29-34-47(35-30-44)70(55-24-15-13-21-50(55)43-19-11-10-12-20-43)49-38-39-54-59(42-49)72(58-27-17-23-52-51-22-14-16-28-60(51)73-64(52)58)57-26-18-25-56-62(57)69(54)65-63(53-41-46(68(7,8)9)33-40-61(53)74-65)71(56)48-36-31-45(32-37-48)67(4,5)6/h10-42H,1-9H3. The normalized spacial score (nSPS) is 13.4. The zero-order valence-electron chi connectivity index (χ0n) is 43.8. The van der Waals surface area contributed by atoms with Crippen molar-refractivity contribution in [1.29, 1.82) is 0 Å². The van der Waals surface area contributed by atoms with Crippen LogP contribution >= 0.6 is 11.3 Å². The van der Waals surface area contributed by atoms with Gasteiger partial charge in [-0.1, -0.05) is 184 Å². The molecule has 2 aliphatic rings. The molecule has 4 heterocycles. The van der Waals surface area contributed by atoms with Crippen LogP contribution < -0.4 is 30.4 Å². The van der Waals surface area contributed by atoms with Crippen molar-refractivity contribution in [3.05, 3.63) is 217 Å². The molecule has 0 saturated carbocycles. The average molecular weight is 978 g/mol. The quantitative estimate of drug-likeness (QED) is 0.155. The average Bonchev–Trinajstić information content (AvgIpc) is 4.00. The third-order valence-electron chi connectivity index (χ3n) is 15.5. The second-order valence-electron chi connectivity index (χ2n) is 23.4. The Labute approximate surface area is 440 Å². The van der Waals surface area contributed by atoms with Gasteiger partial charge >= 0.3 is 0 Å². The number of thiophene rings is 1. The summed E-state index contributed by atoms with van der Waals surface area (Å²) in [7, 11) is 0.